The molecule has 0 bridgehead atoms. The molecule has 1 amide bonds. The Kier molecular flexibility index (Phi) is 4.31. The Balaban J connectivity index is 1.94. The predicted octanol–water partition coefficient (Wildman–Crippen LogP) is 2.46. The molecule has 0 spiro atoms. The summed E-state index contributed by atoms with van der Waals surface area (Å²) in [6, 6.07) is 0.381. The molecule has 2 fully saturated rings. The average molecular weight is 252 g/mol. The molecule has 3 unspecified atom stereocenters. The minimum atomic E-state index is -0.0135. The van der Waals surface area contributed by atoms with Crippen molar-refractivity contribution in [3.05, 3.63) is 0 Å². The maximum Gasteiger partial charge on any atom is 0.237 e. The molecule has 1 saturated heterocycles. The van der Waals surface area contributed by atoms with E-state index in [0.29, 0.717) is 12.0 Å². The topological polar surface area (TPSA) is 41.1 Å². The Hall–Kier alpha value is -0.570. The maximum atomic E-state index is 12.5. The molecule has 3 nitrogen and oxygen atoms in total. The summed E-state index contributed by atoms with van der Waals surface area (Å²) >= 11 is 0. The fraction of sp³-hybridized carbons (Fsp3) is 0.933. The Morgan fingerprint density at radius 1 is 1.22 bits per heavy atom. The molecule has 1 aliphatic carbocycles. The summed E-state index contributed by atoms with van der Waals surface area (Å²) in [5.41, 5.74) is 0.0836. The first-order valence-corrected chi connectivity index (χ1v) is 7.54. The maximum absolute atomic E-state index is 12.5. The predicted molar refractivity (Wildman–Crippen MR) is 74.4 cm³/mol. The Bertz CT molecular complexity index is 301. The smallest absolute Gasteiger partial charge is 0.237 e. The third-order valence-corrected chi connectivity index (χ3v) is 4.83. The number of hydrogen-bond donors (Lipinski definition) is 2. The number of carbonyl (C=O) groups is 1. The average Bonchev–Trinajstić information content (AvgIpc) is 2.31. The van der Waals surface area contributed by atoms with Crippen LogP contribution in [0.25, 0.3) is 0 Å². The van der Waals surface area contributed by atoms with E-state index in [1.807, 2.05) is 0 Å². The van der Waals surface area contributed by atoms with Crippen molar-refractivity contribution in [2.24, 2.45) is 11.3 Å². The highest BCUT2D eigenvalue weighted by atomic mass is 16.2. The van der Waals surface area contributed by atoms with E-state index in [-0.39, 0.29) is 17.4 Å². The van der Waals surface area contributed by atoms with Crippen molar-refractivity contribution in [3.63, 3.8) is 0 Å². The van der Waals surface area contributed by atoms with E-state index in [9.17, 15) is 4.79 Å². The summed E-state index contributed by atoms with van der Waals surface area (Å²) in [4.78, 5) is 12.5. The first kappa shape index (κ1) is 13.9. The monoisotopic (exact) mass is 252 g/mol. The van der Waals surface area contributed by atoms with Crippen LogP contribution in [0.2, 0.25) is 0 Å². The first-order chi connectivity index (χ1) is 8.50. The zero-order chi connectivity index (χ0) is 13.2. The lowest BCUT2D eigenvalue weighted by Crippen LogP contribution is -2.58. The fourth-order valence-electron chi connectivity index (χ4n) is 3.46. The van der Waals surface area contributed by atoms with Crippen LogP contribution in [0.15, 0.2) is 0 Å². The van der Waals surface area contributed by atoms with Gasteiger partial charge in [0.25, 0.3) is 0 Å². The van der Waals surface area contributed by atoms with Gasteiger partial charge in [-0.1, -0.05) is 33.6 Å². The van der Waals surface area contributed by atoms with Crippen LogP contribution >= 0.6 is 0 Å². The molecule has 2 N–H and O–H groups in total. The lowest BCUT2D eigenvalue weighted by Gasteiger charge is -2.40. The van der Waals surface area contributed by atoms with Crippen LogP contribution in [0, 0.1) is 11.3 Å². The van der Waals surface area contributed by atoms with Crippen molar-refractivity contribution < 1.29 is 4.79 Å². The van der Waals surface area contributed by atoms with Crippen molar-refractivity contribution >= 4 is 5.91 Å². The van der Waals surface area contributed by atoms with E-state index in [2.05, 4.69) is 31.4 Å². The highest BCUT2D eigenvalue weighted by Gasteiger charge is 2.38. The Labute approximate surface area is 111 Å². The molecule has 0 aromatic carbocycles. The summed E-state index contributed by atoms with van der Waals surface area (Å²) in [6.45, 7) is 7.65. The zero-order valence-electron chi connectivity index (χ0n) is 12.1. The third kappa shape index (κ3) is 3.05. The van der Waals surface area contributed by atoms with E-state index in [1.165, 1.54) is 25.7 Å². The summed E-state index contributed by atoms with van der Waals surface area (Å²) in [6.07, 6.45) is 7.30. The number of amides is 1. The second-order valence-electron chi connectivity index (χ2n) is 6.86. The van der Waals surface area contributed by atoms with Gasteiger partial charge in [-0.15, -0.1) is 0 Å². The summed E-state index contributed by atoms with van der Waals surface area (Å²) in [7, 11) is 0. The molecule has 1 saturated carbocycles. The van der Waals surface area contributed by atoms with E-state index >= 15 is 0 Å². The second-order valence-corrected chi connectivity index (χ2v) is 6.86. The van der Waals surface area contributed by atoms with Crippen LogP contribution in [-0.4, -0.2) is 24.5 Å². The number of rotatable bonds is 2. The van der Waals surface area contributed by atoms with Gasteiger partial charge in [-0.05, 0) is 43.6 Å². The summed E-state index contributed by atoms with van der Waals surface area (Å²) < 4.78 is 0. The molecular weight excluding hydrogens is 224 g/mol. The number of nitrogens with one attached hydrogen (secondary N) is 2. The summed E-state index contributed by atoms with van der Waals surface area (Å²) in [5.74, 6) is 0.854. The van der Waals surface area contributed by atoms with Gasteiger partial charge in [0.15, 0.2) is 0 Å². The molecule has 18 heavy (non-hydrogen) atoms. The van der Waals surface area contributed by atoms with Crippen LogP contribution in [0.3, 0.4) is 0 Å². The van der Waals surface area contributed by atoms with Crippen LogP contribution in [0.5, 0.6) is 0 Å². The lowest BCUT2D eigenvalue weighted by molar-refractivity contribution is -0.128. The lowest BCUT2D eigenvalue weighted by atomic mass is 9.76. The molecular formula is C15H28N2O. The van der Waals surface area contributed by atoms with Crippen LogP contribution in [-0.2, 0) is 4.79 Å². The van der Waals surface area contributed by atoms with Gasteiger partial charge >= 0.3 is 0 Å². The van der Waals surface area contributed by atoms with Gasteiger partial charge in [0, 0.05) is 6.04 Å². The fourth-order valence-corrected chi connectivity index (χ4v) is 3.46. The zero-order valence-corrected chi connectivity index (χ0v) is 12.1. The summed E-state index contributed by atoms with van der Waals surface area (Å²) in [5, 5.41) is 6.69. The van der Waals surface area contributed by atoms with Gasteiger partial charge in [-0.3, -0.25) is 4.79 Å². The van der Waals surface area contributed by atoms with Gasteiger partial charge in [0.05, 0.1) is 6.04 Å². The normalized spacial score (nSPS) is 36.1. The van der Waals surface area contributed by atoms with Gasteiger partial charge in [-0.2, -0.15) is 0 Å². The number of piperidine rings is 1. The molecule has 0 aromatic rings. The first-order valence-electron chi connectivity index (χ1n) is 7.54. The molecule has 0 radical (unpaired) electrons. The Morgan fingerprint density at radius 3 is 2.61 bits per heavy atom. The van der Waals surface area contributed by atoms with Crippen LogP contribution < -0.4 is 10.6 Å². The van der Waals surface area contributed by atoms with Crippen LogP contribution in [0.4, 0.5) is 0 Å². The van der Waals surface area contributed by atoms with Gasteiger partial charge < -0.3 is 10.6 Å². The van der Waals surface area contributed by atoms with Crippen molar-refractivity contribution in [3.8, 4) is 0 Å². The molecule has 104 valence electrons. The highest BCUT2D eigenvalue weighted by Crippen LogP contribution is 2.31. The van der Waals surface area contributed by atoms with Gasteiger partial charge in [-0.25, -0.2) is 0 Å². The Morgan fingerprint density at radius 2 is 1.94 bits per heavy atom. The largest absolute Gasteiger partial charge is 0.352 e. The molecule has 0 aromatic heterocycles. The van der Waals surface area contributed by atoms with Crippen molar-refractivity contribution in [2.75, 3.05) is 6.54 Å². The van der Waals surface area contributed by atoms with E-state index < -0.39 is 0 Å². The number of hydrogen-bond acceptors (Lipinski definition) is 2. The van der Waals surface area contributed by atoms with Crippen molar-refractivity contribution in [1.29, 1.82) is 0 Å². The molecule has 3 heteroatoms. The highest BCUT2D eigenvalue weighted by molar-refractivity contribution is 5.83. The number of carbonyl (C=O) groups excluding carboxylic acids is 1. The molecule has 3 atom stereocenters. The van der Waals surface area contributed by atoms with E-state index in [4.69, 9.17) is 0 Å². The third-order valence-electron chi connectivity index (χ3n) is 4.83. The molecule has 1 aliphatic heterocycles. The molecule has 1 heterocycles. The van der Waals surface area contributed by atoms with Crippen LogP contribution in [0.1, 0.15) is 59.3 Å². The van der Waals surface area contributed by atoms with Crippen molar-refractivity contribution in [1.82, 2.24) is 10.6 Å². The van der Waals surface area contributed by atoms with E-state index in [0.717, 1.165) is 19.4 Å². The quantitative estimate of drug-likeness (QED) is 0.792. The molecule has 2 aliphatic rings. The van der Waals surface area contributed by atoms with Gasteiger partial charge in [0.2, 0.25) is 5.91 Å². The second kappa shape index (κ2) is 5.60. The minimum Gasteiger partial charge on any atom is -0.352 e. The SMILES string of the molecule is CC1CCCCC1NC(=O)C1NCCCC1(C)C. The minimum absolute atomic E-state index is 0.0135. The van der Waals surface area contributed by atoms with Gasteiger partial charge in [0.1, 0.15) is 0 Å². The standard InChI is InChI=1S/C15H28N2O/c1-11-7-4-5-8-12(11)17-14(18)13-15(2,3)9-6-10-16-13/h11-13,16H,4-10H2,1-3H3,(H,17,18). The molecule has 2 rings (SSSR count). The van der Waals surface area contributed by atoms with Crippen molar-refractivity contribution in [2.45, 2.75) is 71.4 Å². The van der Waals surface area contributed by atoms with E-state index in [1.54, 1.807) is 0 Å².